The summed E-state index contributed by atoms with van der Waals surface area (Å²) in [7, 11) is 0. The maximum absolute atomic E-state index is 10.9. The minimum absolute atomic E-state index is 0.218. The fourth-order valence-corrected chi connectivity index (χ4v) is 4.11. The first-order valence-corrected chi connectivity index (χ1v) is 11.1. The highest BCUT2D eigenvalue weighted by molar-refractivity contribution is 5.15. The van der Waals surface area contributed by atoms with Crippen LogP contribution in [-0.2, 0) is 34.0 Å². The second-order valence-corrected chi connectivity index (χ2v) is 8.21. The molecule has 4 rings (SSSR count). The van der Waals surface area contributed by atoms with E-state index in [0.717, 1.165) is 16.7 Å². The Hall–Kier alpha value is -2.54. The maximum Gasteiger partial charge on any atom is 0.106 e. The number of ether oxygens (including phenoxy) is 3. The van der Waals surface area contributed by atoms with E-state index in [-0.39, 0.29) is 24.3 Å². The van der Waals surface area contributed by atoms with Crippen LogP contribution in [0.3, 0.4) is 0 Å². The highest BCUT2D eigenvalue weighted by Gasteiger charge is 2.48. The van der Waals surface area contributed by atoms with Gasteiger partial charge in [0.1, 0.15) is 12.2 Å². The van der Waals surface area contributed by atoms with Crippen LogP contribution >= 0.6 is 0 Å². The summed E-state index contributed by atoms with van der Waals surface area (Å²) in [6.07, 6.45) is -0.607. The van der Waals surface area contributed by atoms with E-state index in [1.807, 2.05) is 97.9 Å². The van der Waals surface area contributed by atoms with E-state index in [1.165, 1.54) is 5.06 Å². The van der Waals surface area contributed by atoms with E-state index >= 15 is 0 Å². The van der Waals surface area contributed by atoms with Crippen molar-refractivity contribution in [2.45, 2.75) is 51.0 Å². The lowest BCUT2D eigenvalue weighted by Crippen LogP contribution is -2.40. The van der Waals surface area contributed by atoms with Gasteiger partial charge in [-0.1, -0.05) is 91.0 Å². The Morgan fingerprint density at radius 2 is 1.09 bits per heavy atom. The van der Waals surface area contributed by atoms with Crippen molar-refractivity contribution in [3.05, 3.63) is 108 Å². The molecule has 1 fully saturated rings. The highest BCUT2D eigenvalue weighted by atomic mass is 16.6. The molecule has 32 heavy (non-hydrogen) atoms. The molecular formula is C27H31NO4. The predicted octanol–water partition coefficient (Wildman–Crippen LogP) is 4.84. The highest BCUT2D eigenvalue weighted by Crippen LogP contribution is 2.30. The molecule has 1 N–H and O–H groups in total. The van der Waals surface area contributed by atoms with Crippen LogP contribution in [0.4, 0.5) is 0 Å². The molecule has 0 aliphatic carbocycles. The van der Waals surface area contributed by atoms with Crippen LogP contribution in [0.15, 0.2) is 91.0 Å². The van der Waals surface area contributed by atoms with Crippen LogP contribution in [-0.4, -0.2) is 41.2 Å². The molecule has 5 nitrogen and oxygen atoms in total. The third kappa shape index (κ3) is 5.82. The molecule has 0 bridgehead atoms. The maximum atomic E-state index is 10.9. The van der Waals surface area contributed by atoms with Gasteiger partial charge in [-0.25, -0.2) is 0 Å². The minimum atomic E-state index is -0.324. The minimum Gasteiger partial charge on any atom is -0.375 e. The number of hydroxylamine groups is 2. The zero-order valence-corrected chi connectivity index (χ0v) is 18.4. The fraction of sp³-hybridized carbons (Fsp3) is 0.333. The lowest BCUT2D eigenvalue weighted by atomic mass is 10.1. The van der Waals surface area contributed by atoms with Gasteiger partial charge in [0, 0.05) is 0 Å². The van der Waals surface area contributed by atoms with E-state index in [0.29, 0.717) is 26.4 Å². The second kappa shape index (κ2) is 11.4. The SMILES string of the molecule is C[C@H]1[C@H](OCc2ccccc2)[C@H](OCc2ccccc2)[C@@H](COCc2ccccc2)N1O. The van der Waals surface area contributed by atoms with E-state index in [9.17, 15) is 5.21 Å². The van der Waals surface area contributed by atoms with Gasteiger partial charge < -0.3 is 19.4 Å². The van der Waals surface area contributed by atoms with Crippen molar-refractivity contribution in [3.63, 3.8) is 0 Å². The molecule has 4 atom stereocenters. The van der Waals surface area contributed by atoms with Crippen molar-refractivity contribution in [3.8, 4) is 0 Å². The third-order valence-corrected chi connectivity index (χ3v) is 5.91. The number of rotatable bonds is 10. The molecule has 0 radical (unpaired) electrons. The summed E-state index contributed by atoms with van der Waals surface area (Å²) in [6.45, 7) is 3.71. The largest absolute Gasteiger partial charge is 0.375 e. The van der Waals surface area contributed by atoms with Gasteiger partial charge in [-0.05, 0) is 23.6 Å². The molecule has 1 aliphatic rings. The first-order valence-electron chi connectivity index (χ1n) is 11.1. The van der Waals surface area contributed by atoms with Gasteiger partial charge in [-0.2, -0.15) is 5.06 Å². The summed E-state index contributed by atoms with van der Waals surface area (Å²) in [5, 5.41) is 12.2. The number of nitrogens with zero attached hydrogens (tertiary/aromatic N) is 1. The number of benzene rings is 3. The number of hydrogen-bond acceptors (Lipinski definition) is 5. The van der Waals surface area contributed by atoms with E-state index in [4.69, 9.17) is 14.2 Å². The Morgan fingerprint density at radius 3 is 1.59 bits per heavy atom. The molecule has 0 spiro atoms. The van der Waals surface area contributed by atoms with Crippen molar-refractivity contribution in [2.24, 2.45) is 0 Å². The van der Waals surface area contributed by atoms with Crippen molar-refractivity contribution < 1.29 is 19.4 Å². The first-order chi connectivity index (χ1) is 15.7. The molecule has 168 valence electrons. The summed E-state index contributed by atoms with van der Waals surface area (Å²) in [5.41, 5.74) is 3.28. The summed E-state index contributed by atoms with van der Waals surface area (Å²) in [6, 6.07) is 29.6. The van der Waals surface area contributed by atoms with E-state index in [1.54, 1.807) is 0 Å². The average Bonchev–Trinajstić information content (AvgIpc) is 3.07. The second-order valence-electron chi connectivity index (χ2n) is 8.21. The fourth-order valence-electron chi connectivity index (χ4n) is 4.11. The molecule has 5 heteroatoms. The lowest BCUT2D eigenvalue weighted by molar-refractivity contribution is -0.162. The van der Waals surface area contributed by atoms with Crippen molar-refractivity contribution >= 4 is 0 Å². The molecule has 3 aromatic rings. The van der Waals surface area contributed by atoms with Crippen LogP contribution in [0.25, 0.3) is 0 Å². The Balaban J connectivity index is 1.44. The van der Waals surface area contributed by atoms with Crippen LogP contribution in [0.5, 0.6) is 0 Å². The number of hydrogen-bond donors (Lipinski definition) is 1. The summed E-state index contributed by atoms with van der Waals surface area (Å²) in [4.78, 5) is 0. The van der Waals surface area contributed by atoms with Crippen molar-refractivity contribution in [1.29, 1.82) is 0 Å². The summed E-state index contributed by atoms with van der Waals surface area (Å²) >= 11 is 0. The predicted molar refractivity (Wildman–Crippen MR) is 123 cm³/mol. The van der Waals surface area contributed by atoms with Crippen LogP contribution in [0, 0.1) is 0 Å². The quantitative estimate of drug-likeness (QED) is 0.496. The zero-order chi connectivity index (χ0) is 22.2. The van der Waals surface area contributed by atoms with E-state index in [2.05, 4.69) is 0 Å². The van der Waals surface area contributed by atoms with Crippen molar-refractivity contribution in [1.82, 2.24) is 5.06 Å². The third-order valence-electron chi connectivity index (χ3n) is 5.91. The molecule has 0 saturated carbocycles. The standard InChI is InChI=1S/C27H31NO4/c1-21-26(31-18-23-13-7-3-8-14-23)27(32-19-24-15-9-4-10-16-24)25(28(21)29)20-30-17-22-11-5-2-6-12-22/h2-16,21,25-27,29H,17-20H2,1H3/t21-,25+,26-,27+/m0/s1. The smallest absolute Gasteiger partial charge is 0.106 e. The molecule has 0 amide bonds. The first kappa shape index (κ1) is 22.6. The lowest BCUT2D eigenvalue weighted by Gasteiger charge is -2.26. The van der Waals surface area contributed by atoms with Gasteiger partial charge in [0.25, 0.3) is 0 Å². The Kier molecular flexibility index (Phi) is 8.04. The van der Waals surface area contributed by atoms with Gasteiger partial charge in [-0.15, -0.1) is 0 Å². The average molecular weight is 434 g/mol. The van der Waals surface area contributed by atoms with Crippen LogP contribution in [0.1, 0.15) is 23.6 Å². The Morgan fingerprint density at radius 1 is 0.656 bits per heavy atom. The van der Waals surface area contributed by atoms with E-state index < -0.39 is 0 Å². The topological polar surface area (TPSA) is 51.2 Å². The molecule has 3 aromatic carbocycles. The van der Waals surface area contributed by atoms with Gasteiger partial charge in [0.2, 0.25) is 0 Å². The molecule has 1 heterocycles. The molecule has 0 unspecified atom stereocenters. The van der Waals surface area contributed by atoms with Gasteiger partial charge >= 0.3 is 0 Å². The molecular weight excluding hydrogens is 402 g/mol. The monoisotopic (exact) mass is 433 g/mol. The normalized spacial score (nSPS) is 23.4. The molecule has 1 saturated heterocycles. The van der Waals surface area contributed by atoms with Crippen LogP contribution < -0.4 is 0 Å². The van der Waals surface area contributed by atoms with Crippen LogP contribution in [0.2, 0.25) is 0 Å². The molecule has 1 aliphatic heterocycles. The van der Waals surface area contributed by atoms with Gasteiger partial charge in [0.15, 0.2) is 0 Å². The summed E-state index contributed by atoms with van der Waals surface area (Å²) in [5.74, 6) is 0. The zero-order valence-electron chi connectivity index (χ0n) is 18.4. The molecule has 0 aromatic heterocycles. The Bertz CT molecular complexity index is 922. The Labute approximate surface area is 190 Å². The van der Waals surface area contributed by atoms with Gasteiger partial charge in [-0.3, -0.25) is 0 Å². The van der Waals surface area contributed by atoms with Gasteiger partial charge in [0.05, 0.1) is 38.5 Å². The van der Waals surface area contributed by atoms with Crippen molar-refractivity contribution in [2.75, 3.05) is 6.61 Å². The summed E-state index contributed by atoms with van der Waals surface area (Å²) < 4.78 is 18.6.